The molecule has 12 heteroatoms. The van der Waals surface area contributed by atoms with Gasteiger partial charge in [-0.25, -0.2) is 24.6 Å². The van der Waals surface area contributed by atoms with E-state index in [-0.39, 0.29) is 17.3 Å². The van der Waals surface area contributed by atoms with Crippen LogP contribution in [0.15, 0.2) is 18.5 Å². The number of anilines is 2. The molecular formula is C21H23F3N8O. The van der Waals surface area contributed by atoms with Crippen LogP contribution in [-0.4, -0.2) is 69.1 Å². The minimum Gasteiger partial charge on any atom is -0.377 e. The molecular weight excluding hydrogens is 437 g/mol. The first-order chi connectivity index (χ1) is 15.8. The van der Waals surface area contributed by atoms with Crippen LogP contribution >= 0.6 is 0 Å². The number of halogens is 3. The van der Waals surface area contributed by atoms with Gasteiger partial charge in [0.15, 0.2) is 5.65 Å². The summed E-state index contributed by atoms with van der Waals surface area (Å²) in [4.78, 5) is 21.3. The first kappa shape index (κ1) is 20.6. The zero-order valence-electron chi connectivity index (χ0n) is 18.1. The van der Waals surface area contributed by atoms with Gasteiger partial charge >= 0.3 is 6.18 Å². The van der Waals surface area contributed by atoms with Crippen LogP contribution in [0.3, 0.4) is 0 Å². The molecule has 6 heterocycles. The molecule has 3 saturated heterocycles. The summed E-state index contributed by atoms with van der Waals surface area (Å²) in [6, 6.07) is 1.26. The molecule has 0 saturated carbocycles. The average Bonchev–Trinajstić information content (AvgIpc) is 3.12. The fraction of sp³-hybridized carbons (Fsp3) is 0.571. The summed E-state index contributed by atoms with van der Waals surface area (Å²) in [5.41, 5.74) is 0.751. The summed E-state index contributed by atoms with van der Waals surface area (Å²) in [6.45, 7) is 5.83. The van der Waals surface area contributed by atoms with E-state index in [0.29, 0.717) is 32.1 Å². The monoisotopic (exact) mass is 460 g/mol. The third-order valence-corrected chi connectivity index (χ3v) is 6.90. The van der Waals surface area contributed by atoms with Gasteiger partial charge in [0.05, 0.1) is 25.6 Å². The first-order valence-corrected chi connectivity index (χ1v) is 11.0. The van der Waals surface area contributed by atoms with Crippen LogP contribution in [-0.2, 0) is 10.9 Å². The number of aryl methyl sites for hydroxylation is 1. The maximum absolute atomic E-state index is 13.1. The quantitative estimate of drug-likeness (QED) is 0.590. The largest absolute Gasteiger partial charge is 0.433 e. The zero-order valence-corrected chi connectivity index (χ0v) is 18.1. The van der Waals surface area contributed by atoms with Crippen LogP contribution < -0.4 is 9.80 Å². The summed E-state index contributed by atoms with van der Waals surface area (Å²) >= 11 is 0. The lowest BCUT2D eigenvalue weighted by Crippen LogP contribution is -2.61. The Morgan fingerprint density at radius 2 is 1.76 bits per heavy atom. The second kappa shape index (κ2) is 7.24. The highest BCUT2D eigenvalue weighted by Gasteiger charge is 2.46. The van der Waals surface area contributed by atoms with E-state index in [1.54, 1.807) is 12.4 Å². The molecule has 0 aliphatic carbocycles. The van der Waals surface area contributed by atoms with Gasteiger partial charge in [0, 0.05) is 37.7 Å². The van der Waals surface area contributed by atoms with Gasteiger partial charge in [-0.05, 0) is 19.8 Å². The van der Waals surface area contributed by atoms with Crippen molar-refractivity contribution in [1.82, 2.24) is 29.7 Å². The number of rotatable bonds is 3. The molecule has 0 unspecified atom stereocenters. The van der Waals surface area contributed by atoms with Gasteiger partial charge < -0.3 is 14.5 Å². The van der Waals surface area contributed by atoms with Crippen LogP contribution in [0.25, 0.3) is 11.2 Å². The number of nitrogens with zero attached hydrogens (tertiary/aromatic N) is 8. The standard InChI is InChI=1S/C21H23F3N8O/c1-13-27-16(21(22,23)24)6-17(28-13)31-11-20(12-31)2-4-30(5-3-20)18-8-25-15-7-26-32(19(15)29-18)14-9-33-10-14/h6-8,14H,2-5,9-12H2,1H3. The van der Waals surface area contributed by atoms with Gasteiger partial charge in [-0.15, -0.1) is 0 Å². The Morgan fingerprint density at radius 1 is 1.00 bits per heavy atom. The molecule has 174 valence electrons. The molecule has 0 N–H and O–H groups in total. The van der Waals surface area contributed by atoms with E-state index in [4.69, 9.17) is 9.72 Å². The third kappa shape index (κ3) is 3.56. The van der Waals surface area contributed by atoms with Crippen LogP contribution in [0.4, 0.5) is 24.8 Å². The van der Waals surface area contributed by atoms with Crippen molar-refractivity contribution in [2.24, 2.45) is 5.41 Å². The third-order valence-electron chi connectivity index (χ3n) is 6.90. The van der Waals surface area contributed by atoms with Crippen molar-refractivity contribution in [3.05, 3.63) is 30.0 Å². The molecule has 0 bridgehead atoms. The molecule has 0 radical (unpaired) electrons. The van der Waals surface area contributed by atoms with Crippen LogP contribution in [0, 0.1) is 12.3 Å². The summed E-state index contributed by atoms with van der Waals surface area (Å²) in [5, 5.41) is 4.42. The van der Waals surface area contributed by atoms with Gasteiger partial charge in [-0.3, -0.25) is 0 Å². The van der Waals surface area contributed by atoms with E-state index in [1.165, 1.54) is 6.92 Å². The minimum absolute atomic E-state index is 0.0936. The summed E-state index contributed by atoms with van der Waals surface area (Å²) in [5.74, 6) is 1.32. The minimum atomic E-state index is -4.47. The second-order valence-corrected chi connectivity index (χ2v) is 9.22. The number of piperidine rings is 1. The van der Waals surface area contributed by atoms with Gasteiger partial charge in [0.1, 0.15) is 34.7 Å². The molecule has 3 aliphatic rings. The SMILES string of the molecule is Cc1nc(N2CC3(CCN(c4cnc5cnn(C6COC6)c5n4)CC3)C2)cc(C(F)(F)F)n1. The number of fused-ring (bicyclic) bond motifs is 1. The molecule has 6 rings (SSSR count). The highest BCUT2D eigenvalue weighted by Crippen LogP contribution is 2.43. The maximum atomic E-state index is 13.1. The fourth-order valence-electron chi connectivity index (χ4n) is 4.91. The van der Waals surface area contributed by atoms with Crippen molar-refractivity contribution in [3.8, 4) is 0 Å². The predicted molar refractivity (Wildman–Crippen MR) is 113 cm³/mol. The Morgan fingerprint density at radius 3 is 2.42 bits per heavy atom. The Kier molecular flexibility index (Phi) is 4.51. The predicted octanol–water partition coefficient (Wildman–Crippen LogP) is 2.62. The van der Waals surface area contributed by atoms with Gasteiger partial charge in [0.2, 0.25) is 0 Å². The van der Waals surface area contributed by atoms with Crippen molar-refractivity contribution < 1.29 is 17.9 Å². The topological polar surface area (TPSA) is 85.1 Å². The number of alkyl halides is 3. The van der Waals surface area contributed by atoms with Gasteiger partial charge in [0.25, 0.3) is 0 Å². The van der Waals surface area contributed by atoms with E-state index in [0.717, 1.165) is 49.0 Å². The van der Waals surface area contributed by atoms with Crippen LogP contribution in [0.2, 0.25) is 0 Å². The van der Waals surface area contributed by atoms with Gasteiger partial charge in [-0.2, -0.15) is 18.3 Å². The number of ether oxygens (including phenoxy) is 1. The van der Waals surface area contributed by atoms with Crippen molar-refractivity contribution in [2.45, 2.75) is 32.0 Å². The summed E-state index contributed by atoms with van der Waals surface area (Å²) in [7, 11) is 0. The fourth-order valence-corrected chi connectivity index (χ4v) is 4.91. The summed E-state index contributed by atoms with van der Waals surface area (Å²) in [6.07, 6.45) is 0.931. The molecule has 33 heavy (non-hydrogen) atoms. The molecule has 9 nitrogen and oxygen atoms in total. The first-order valence-electron chi connectivity index (χ1n) is 11.0. The second-order valence-electron chi connectivity index (χ2n) is 9.22. The Balaban J connectivity index is 1.13. The lowest BCUT2D eigenvalue weighted by molar-refractivity contribution is -0.141. The Labute approximate surface area is 187 Å². The molecule has 0 amide bonds. The molecule has 3 fully saturated rings. The van der Waals surface area contributed by atoms with Gasteiger partial charge in [-0.1, -0.05) is 0 Å². The van der Waals surface area contributed by atoms with E-state index in [2.05, 4.69) is 25.0 Å². The Bertz CT molecular complexity index is 1190. The molecule has 3 aromatic heterocycles. The van der Waals surface area contributed by atoms with Crippen molar-refractivity contribution in [3.63, 3.8) is 0 Å². The molecule has 3 aromatic rings. The van der Waals surface area contributed by atoms with Crippen molar-refractivity contribution in [2.75, 3.05) is 49.2 Å². The van der Waals surface area contributed by atoms with E-state index in [9.17, 15) is 13.2 Å². The van der Waals surface area contributed by atoms with Crippen LogP contribution in [0.1, 0.15) is 30.4 Å². The van der Waals surface area contributed by atoms with Crippen molar-refractivity contribution >= 4 is 22.8 Å². The number of aromatic nitrogens is 6. The lowest BCUT2D eigenvalue weighted by Gasteiger charge is -2.54. The molecule has 1 spiro atoms. The maximum Gasteiger partial charge on any atom is 0.433 e. The summed E-state index contributed by atoms with van der Waals surface area (Å²) < 4.78 is 46.5. The van der Waals surface area contributed by atoms with Crippen molar-refractivity contribution in [1.29, 1.82) is 0 Å². The molecule has 0 aromatic carbocycles. The smallest absolute Gasteiger partial charge is 0.377 e. The number of hydrogen-bond donors (Lipinski definition) is 0. The highest BCUT2D eigenvalue weighted by atomic mass is 19.4. The van der Waals surface area contributed by atoms with E-state index in [1.807, 2.05) is 9.58 Å². The van der Waals surface area contributed by atoms with E-state index >= 15 is 0 Å². The Hall–Kier alpha value is -3.02. The molecule has 0 atom stereocenters. The number of hydrogen-bond acceptors (Lipinski definition) is 8. The molecule has 3 aliphatic heterocycles. The lowest BCUT2D eigenvalue weighted by atomic mass is 9.72. The normalized spacial score (nSPS) is 20.8. The average molecular weight is 460 g/mol. The van der Waals surface area contributed by atoms with Crippen LogP contribution in [0.5, 0.6) is 0 Å². The highest BCUT2D eigenvalue weighted by molar-refractivity contribution is 5.71. The zero-order chi connectivity index (χ0) is 22.8. The van der Waals surface area contributed by atoms with E-state index < -0.39 is 11.9 Å².